The highest BCUT2D eigenvalue weighted by atomic mass is 16.5. The predicted octanol–water partition coefficient (Wildman–Crippen LogP) is 2.30. The van der Waals surface area contributed by atoms with Gasteiger partial charge in [-0.1, -0.05) is 6.07 Å². The molecule has 1 aromatic carbocycles. The fraction of sp³-hybridized carbons (Fsp3) is 0.500. The Labute approximate surface area is 100 Å². The van der Waals surface area contributed by atoms with Crippen molar-refractivity contribution in [1.82, 2.24) is 0 Å². The quantitative estimate of drug-likeness (QED) is 0.869. The number of methoxy groups -OCH3 is 1. The van der Waals surface area contributed by atoms with Gasteiger partial charge in [0.2, 0.25) is 0 Å². The van der Waals surface area contributed by atoms with Crippen molar-refractivity contribution in [2.24, 2.45) is 0 Å². The fourth-order valence-corrected chi connectivity index (χ4v) is 3.04. The zero-order chi connectivity index (χ0) is 12.0. The summed E-state index contributed by atoms with van der Waals surface area (Å²) in [5, 5.41) is 9.38. The number of benzene rings is 1. The van der Waals surface area contributed by atoms with Gasteiger partial charge in [0.15, 0.2) is 0 Å². The number of ether oxygens (including phenoxy) is 1. The van der Waals surface area contributed by atoms with Crippen LogP contribution >= 0.6 is 0 Å². The molecule has 0 radical (unpaired) electrons. The van der Waals surface area contributed by atoms with Crippen LogP contribution in [0.25, 0.3) is 0 Å². The summed E-state index contributed by atoms with van der Waals surface area (Å²) in [5.74, 6) is 0.249. The standard InChI is InChI=1S/C14H16O3/c1-17-12-6-5-11(9-3-2-4-10(9)12)14(7-8-14)13(15)16/h5-6H,2-4,7-8H2,1H3,(H,15,16). The maximum Gasteiger partial charge on any atom is 0.314 e. The monoisotopic (exact) mass is 232 g/mol. The minimum absolute atomic E-state index is 0.583. The molecule has 2 aliphatic rings. The lowest BCUT2D eigenvalue weighted by Gasteiger charge is -2.17. The molecule has 3 heteroatoms. The van der Waals surface area contributed by atoms with E-state index in [1.165, 1.54) is 11.1 Å². The van der Waals surface area contributed by atoms with E-state index in [0.717, 1.165) is 43.4 Å². The third kappa shape index (κ3) is 1.38. The van der Waals surface area contributed by atoms with Crippen LogP contribution in [0.4, 0.5) is 0 Å². The van der Waals surface area contributed by atoms with Gasteiger partial charge >= 0.3 is 5.97 Å². The van der Waals surface area contributed by atoms with Gasteiger partial charge in [-0.05, 0) is 54.9 Å². The van der Waals surface area contributed by atoms with Crippen molar-refractivity contribution in [1.29, 1.82) is 0 Å². The van der Waals surface area contributed by atoms with Crippen LogP contribution in [0.1, 0.15) is 36.0 Å². The molecular formula is C14H16O3. The number of aliphatic carboxylic acids is 1. The SMILES string of the molecule is COc1ccc(C2(C(=O)O)CC2)c2c1CCC2. The third-order valence-electron chi connectivity index (χ3n) is 4.14. The van der Waals surface area contributed by atoms with E-state index in [9.17, 15) is 9.90 Å². The van der Waals surface area contributed by atoms with Crippen molar-refractivity contribution in [2.45, 2.75) is 37.5 Å². The Balaban J connectivity index is 2.14. The molecule has 17 heavy (non-hydrogen) atoms. The van der Waals surface area contributed by atoms with Gasteiger partial charge in [0.1, 0.15) is 5.75 Å². The summed E-state index contributed by atoms with van der Waals surface area (Å²) >= 11 is 0. The smallest absolute Gasteiger partial charge is 0.314 e. The minimum atomic E-state index is -0.670. The number of rotatable bonds is 3. The molecule has 1 fully saturated rings. The summed E-state index contributed by atoms with van der Waals surface area (Å²) in [5.41, 5.74) is 2.93. The Hall–Kier alpha value is -1.51. The average Bonchev–Trinajstić information content (AvgIpc) is 2.99. The summed E-state index contributed by atoms with van der Waals surface area (Å²) in [7, 11) is 1.68. The van der Waals surface area contributed by atoms with E-state index in [1.807, 2.05) is 12.1 Å². The zero-order valence-electron chi connectivity index (χ0n) is 9.95. The molecule has 0 aliphatic heterocycles. The number of carboxylic acid groups (broad SMARTS) is 1. The predicted molar refractivity (Wildman–Crippen MR) is 63.6 cm³/mol. The van der Waals surface area contributed by atoms with Crippen molar-refractivity contribution in [2.75, 3.05) is 7.11 Å². The highest BCUT2D eigenvalue weighted by Gasteiger charge is 2.53. The summed E-state index contributed by atoms with van der Waals surface area (Å²) < 4.78 is 5.36. The first-order valence-electron chi connectivity index (χ1n) is 6.12. The van der Waals surface area contributed by atoms with E-state index < -0.39 is 11.4 Å². The molecule has 3 nitrogen and oxygen atoms in total. The summed E-state index contributed by atoms with van der Waals surface area (Å²) in [6, 6.07) is 3.90. The van der Waals surface area contributed by atoms with Gasteiger partial charge in [-0.2, -0.15) is 0 Å². The lowest BCUT2D eigenvalue weighted by atomic mass is 9.89. The molecule has 0 amide bonds. The zero-order valence-corrected chi connectivity index (χ0v) is 9.95. The van der Waals surface area contributed by atoms with E-state index in [-0.39, 0.29) is 0 Å². The largest absolute Gasteiger partial charge is 0.496 e. The normalized spacial score (nSPS) is 19.8. The van der Waals surface area contributed by atoms with Crippen LogP contribution in [0.2, 0.25) is 0 Å². The van der Waals surface area contributed by atoms with Crippen molar-refractivity contribution in [3.8, 4) is 5.75 Å². The Morgan fingerprint density at radius 3 is 2.59 bits per heavy atom. The van der Waals surface area contributed by atoms with Crippen molar-refractivity contribution < 1.29 is 14.6 Å². The maximum atomic E-state index is 11.4. The average molecular weight is 232 g/mol. The lowest BCUT2D eigenvalue weighted by Crippen LogP contribution is -2.21. The number of carbonyl (C=O) groups is 1. The molecule has 1 N–H and O–H groups in total. The second kappa shape index (κ2) is 3.49. The maximum absolute atomic E-state index is 11.4. The van der Waals surface area contributed by atoms with Gasteiger partial charge < -0.3 is 9.84 Å². The minimum Gasteiger partial charge on any atom is -0.496 e. The number of hydrogen-bond donors (Lipinski definition) is 1. The molecule has 0 heterocycles. The second-order valence-corrected chi connectivity index (χ2v) is 5.01. The molecule has 0 unspecified atom stereocenters. The molecule has 2 aliphatic carbocycles. The van der Waals surface area contributed by atoms with Gasteiger partial charge in [0.25, 0.3) is 0 Å². The van der Waals surface area contributed by atoms with Gasteiger partial charge in [-0.15, -0.1) is 0 Å². The van der Waals surface area contributed by atoms with Crippen LogP contribution in [0.5, 0.6) is 5.75 Å². The van der Waals surface area contributed by atoms with Crippen LogP contribution in [0.15, 0.2) is 12.1 Å². The first kappa shape index (κ1) is 10.6. The van der Waals surface area contributed by atoms with Crippen LogP contribution in [-0.2, 0) is 23.1 Å². The Bertz CT molecular complexity index is 486. The first-order chi connectivity index (χ1) is 8.19. The molecule has 0 bridgehead atoms. The van der Waals surface area contributed by atoms with E-state index in [4.69, 9.17) is 4.74 Å². The fourth-order valence-electron chi connectivity index (χ4n) is 3.04. The lowest BCUT2D eigenvalue weighted by molar-refractivity contribution is -0.140. The molecule has 90 valence electrons. The Morgan fingerprint density at radius 1 is 1.29 bits per heavy atom. The van der Waals surface area contributed by atoms with E-state index in [0.29, 0.717) is 0 Å². The second-order valence-electron chi connectivity index (χ2n) is 5.01. The molecule has 1 aromatic rings. The number of hydrogen-bond acceptors (Lipinski definition) is 2. The van der Waals surface area contributed by atoms with Crippen LogP contribution in [0.3, 0.4) is 0 Å². The summed E-state index contributed by atoms with van der Waals surface area (Å²) in [6.45, 7) is 0. The third-order valence-corrected chi connectivity index (χ3v) is 4.14. The highest BCUT2D eigenvalue weighted by Crippen LogP contribution is 2.52. The number of carboxylic acids is 1. The Morgan fingerprint density at radius 2 is 2.00 bits per heavy atom. The van der Waals surface area contributed by atoms with E-state index >= 15 is 0 Å². The molecule has 3 rings (SSSR count). The van der Waals surface area contributed by atoms with E-state index in [2.05, 4.69) is 0 Å². The van der Waals surface area contributed by atoms with Crippen LogP contribution < -0.4 is 4.74 Å². The topological polar surface area (TPSA) is 46.5 Å². The molecule has 0 aromatic heterocycles. The first-order valence-corrected chi connectivity index (χ1v) is 6.12. The van der Waals surface area contributed by atoms with Crippen LogP contribution in [-0.4, -0.2) is 18.2 Å². The van der Waals surface area contributed by atoms with E-state index in [1.54, 1.807) is 7.11 Å². The molecular weight excluding hydrogens is 216 g/mol. The molecule has 1 saturated carbocycles. The Kier molecular flexibility index (Phi) is 2.18. The van der Waals surface area contributed by atoms with Gasteiger partial charge in [-0.25, -0.2) is 0 Å². The molecule has 0 atom stereocenters. The van der Waals surface area contributed by atoms with Gasteiger partial charge in [0.05, 0.1) is 12.5 Å². The highest BCUT2D eigenvalue weighted by molar-refractivity contribution is 5.86. The van der Waals surface area contributed by atoms with Crippen molar-refractivity contribution >= 4 is 5.97 Å². The molecule has 0 saturated heterocycles. The van der Waals surface area contributed by atoms with Gasteiger partial charge in [-0.3, -0.25) is 4.79 Å². The van der Waals surface area contributed by atoms with Crippen molar-refractivity contribution in [3.63, 3.8) is 0 Å². The van der Waals surface area contributed by atoms with Gasteiger partial charge in [0, 0.05) is 0 Å². The summed E-state index contributed by atoms with van der Waals surface area (Å²) in [6.07, 6.45) is 4.68. The number of fused-ring (bicyclic) bond motifs is 1. The van der Waals surface area contributed by atoms with Crippen molar-refractivity contribution in [3.05, 3.63) is 28.8 Å². The molecule has 0 spiro atoms. The van der Waals surface area contributed by atoms with Crippen LogP contribution in [0, 0.1) is 0 Å². The summed E-state index contributed by atoms with van der Waals surface area (Å²) in [4.78, 5) is 11.4.